The fourth-order valence-corrected chi connectivity index (χ4v) is 2.18. The number of amides is 1. The molecular weight excluding hydrogens is 250 g/mol. The first-order chi connectivity index (χ1) is 9.67. The zero-order chi connectivity index (χ0) is 14.5. The van der Waals surface area contributed by atoms with E-state index >= 15 is 0 Å². The quantitative estimate of drug-likeness (QED) is 0.895. The van der Waals surface area contributed by atoms with Gasteiger partial charge in [0, 0.05) is 30.8 Å². The number of hydrogen-bond acceptors (Lipinski definition) is 3. The van der Waals surface area contributed by atoms with Crippen molar-refractivity contribution in [3.63, 3.8) is 0 Å². The minimum Gasteiger partial charge on any atom is -0.387 e. The summed E-state index contributed by atoms with van der Waals surface area (Å²) in [5.41, 5.74) is 4.40. The highest BCUT2D eigenvalue weighted by atomic mass is 16.1. The highest BCUT2D eigenvalue weighted by molar-refractivity contribution is 6.08. The molecule has 0 aliphatic heterocycles. The lowest BCUT2D eigenvalue weighted by Crippen LogP contribution is -2.16. The fourth-order valence-electron chi connectivity index (χ4n) is 2.18. The summed E-state index contributed by atoms with van der Waals surface area (Å²) in [7, 11) is 1.79. The van der Waals surface area contributed by atoms with E-state index in [0.29, 0.717) is 5.56 Å². The third-order valence-corrected chi connectivity index (χ3v) is 3.31. The third-order valence-electron chi connectivity index (χ3n) is 3.31. The van der Waals surface area contributed by atoms with Crippen molar-refractivity contribution in [2.24, 2.45) is 0 Å². The van der Waals surface area contributed by atoms with Crippen molar-refractivity contribution in [3.8, 4) is 0 Å². The highest BCUT2D eigenvalue weighted by Gasteiger charge is 2.13. The van der Waals surface area contributed by atoms with Gasteiger partial charge in [0.2, 0.25) is 0 Å². The lowest BCUT2D eigenvalue weighted by Gasteiger charge is -2.14. The Morgan fingerprint density at radius 1 is 1.30 bits per heavy atom. The van der Waals surface area contributed by atoms with Gasteiger partial charge in [-0.15, -0.1) is 0 Å². The number of carbonyl (C=O) groups is 1. The summed E-state index contributed by atoms with van der Waals surface area (Å²) in [6, 6.07) is 7.82. The Kier molecular flexibility index (Phi) is 4.35. The zero-order valence-electron chi connectivity index (χ0n) is 12.0. The number of para-hydroxylation sites is 1. The van der Waals surface area contributed by atoms with Gasteiger partial charge >= 0.3 is 0 Å². The predicted molar refractivity (Wildman–Crippen MR) is 82.3 cm³/mol. The Hall–Kier alpha value is -2.36. The van der Waals surface area contributed by atoms with Crippen LogP contribution in [-0.2, 0) is 6.42 Å². The van der Waals surface area contributed by atoms with E-state index in [1.54, 1.807) is 25.5 Å². The topological polar surface area (TPSA) is 54.0 Å². The Bertz CT molecular complexity index is 623. The number of nitrogens with one attached hydrogen (secondary N) is 2. The smallest absolute Gasteiger partial charge is 0.259 e. The largest absolute Gasteiger partial charge is 0.387 e. The number of aromatic nitrogens is 1. The number of pyridine rings is 1. The molecule has 0 radical (unpaired) electrons. The second-order valence-corrected chi connectivity index (χ2v) is 4.59. The number of nitrogens with zero attached hydrogens (tertiary/aromatic N) is 1. The van der Waals surface area contributed by atoms with E-state index in [9.17, 15) is 4.79 Å². The normalized spacial score (nSPS) is 10.2. The second kappa shape index (κ2) is 6.19. The minimum absolute atomic E-state index is 0.147. The van der Waals surface area contributed by atoms with Crippen molar-refractivity contribution in [3.05, 3.63) is 53.3 Å². The fraction of sp³-hybridized carbons (Fsp3) is 0.250. The van der Waals surface area contributed by atoms with Crippen molar-refractivity contribution in [1.82, 2.24) is 4.98 Å². The number of benzene rings is 1. The maximum atomic E-state index is 12.4. The molecule has 1 amide bonds. The molecule has 1 heterocycles. The van der Waals surface area contributed by atoms with Gasteiger partial charge in [0.05, 0.1) is 5.56 Å². The minimum atomic E-state index is -0.147. The first-order valence-electron chi connectivity index (χ1n) is 6.69. The molecule has 0 aliphatic rings. The molecule has 20 heavy (non-hydrogen) atoms. The van der Waals surface area contributed by atoms with Gasteiger partial charge in [-0.05, 0) is 30.5 Å². The van der Waals surface area contributed by atoms with Crippen molar-refractivity contribution < 1.29 is 4.79 Å². The zero-order valence-corrected chi connectivity index (χ0v) is 12.0. The molecule has 0 atom stereocenters. The maximum Gasteiger partial charge on any atom is 0.259 e. The summed E-state index contributed by atoms with van der Waals surface area (Å²) in [6.45, 7) is 4.07. The van der Waals surface area contributed by atoms with Crippen molar-refractivity contribution >= 4 is 17.3 Å². The molecule has 4 heteroatoms. The molecule has 104 valence electrons. The molecule has 0 bridgehead atoms. The summed E-state index contributed by atoms with van der Waals surface area (Å²) in [4.78, 5) is 16.4. The van der Waals surface area contributed by atoms with E-state index < -0.39 is 0 Å². The monoisotopic (exact) mass is 269 g/mol. The van der Waals surface area contributed by atoms with Crippen LogP contribution in [0.3, 0.4) is 0 Å². The Balaban J connectivity index is 2.33. The summed E-state index contributed by atoms with van der Waals surface area (Å²) in [5, 5.41) is 6.01. The molecule has 1 aromatic carbocycles. The van der Waals surface area contributed by atoms with Crippen LogP contribution in [0.15, 0.2) is 36.7 Å². The molecule has 0 saturated carbocycles. The van der Waals surface area contributed by atoms with Crippen LogP contribution < -0.4 is 10.6 Å². The SMILES string of the molecule is CCc1cccc(C)c1NC(=O)c1cnccc1NC. The van der Waals surface area contributed by atoms with Gasteiger partial charge in [-0.25, -0.2) is 0 Å². The van der Waals surface area contributed by atoms with E-state index in [1.165, 1.54) is 0 Å². The summed E-state index contributed by atoms with van der Waals surface area (Å²) >= 11 is 0. The molecule has 0 aliphatic carbocycles. The van der Waals surface area contributed by atoms with Gasteiger partial charge in [0.15, 0.2) is 0 Å². The van der Waals surface area contributed by atoms with E-state index in [1.807, 2.05) is 25.1 Å². The third kappa shape index (κ3) is 2.79. The van der Waals surface area contributed by atoms with E-state index in [4.69, 9.17) is 0 Å². The van der Waals surface area contributed by atoms with Crippen molar-refractivity contribution in [1.29, 1.82) is 0 Å². The highest BCUT2D eigenvalue weighted by Crippen LogP contribution is 2.23. The first kappa shape index (κ1) is 14.1. The molecule has 2 rings (SSSR count). The molecule has 4 nitrogen and oxygen atoms in total. The van der Waals surface area contributed by atoms with Gasteiger partial charge in [-0.1, -0.05) is 25.1 Å². The molecule has 1 aromatic heterocycles. The lowest BCUT2D eigenvalue weighted by atomic mass is 10.1. The number of hydrogen-bond donors (Lipinski definition) is 2. The Morgan fingerprint density at radius 3 is 2.80 bits per heavy atom. The molecule has 2 aromatic rings. The summed E-state index contributed by atoms with van der Waals surface area (Å²) in [5.74, 6) is -0.147. The molecule has 2 N–H and O–H groups in total. The van der Waals surface area contributed by atoms with Gasteiger partial charge in [-0.2, -0.15) is 0 Å². The van der Waals surface area contributed by atoms with E-state index in [-0.39, 0.29) is 5.91 Å². The van der Waals surface area contributed by atoms with Gasteiger partial charge in [0.25, 0.3) is 5.91 Å². The average Bonchev–Trinajstić information content (AvgIpc) is 2.49. The van der Waals surface area contributed by atoms with Crippen molar-refractivity contribution in [2.75, 3.05) is 17.7 Å². The molecule has 0 spiro atoms. The van der Waals surface area contributed by atoms with Gasteiger partial charge < -0.3 is 10.6 Å². The number of aryl methyl sites for hydroxylation is 2. The van der Waals surface area contributed by atoms with Crippen LogP contribution in [0, 0.1) is 6.92 Å². The van der Waals surface area contributed by atoms with E-state index in [2.05, 4.69) is 22.5 Å². The number of rotatable bonds is 4. The molecule has 0 fully saturated rings. The first-order valence-corrected chi connectivity index (χ1v) is 6.69. The van der Waals surface area contributed by atoms with Crippen LogP contribution in [0.25, 0.3) is 0 Å². The predicted octanol–water partition coefficient (Wildman–Crippen LogP) is 3.25. The van der Waals surface area contributed by atoms with Crippen LogP contribution in [0.5, 0.6) is 0 Å². The molecular formula is C16H19N3O. The second-order valence-electron chi connectivity index (χ2n) is 4.59. The Labute approximate surface area is 119 Å². The van der Waals surface area contributed by atoms with Crippen LogP contribution >= 0.6 is 0 Å². The van der Waals surface area contributed by atoms with Crippen LogP contribution in [-0.4, -0.2) is 17.9 Å². The maximum absolute atomic E-state index is 12.4. The van der Waals surface area contributed by atoms with Crippen LogP contribution in [0.1, 0.15) is 28.4 Å². The standard InChI is InChI=1S/C16H19N3O/c1-4-12-7-5-6-11(2)15(12)19-16(20)13-10-18-9-8-14(13)17-3/h5-10H,4H2,1-3H3,(H,17,18)(H,19,20). The molecule has 0 saturated heterocycles. The van der Waals surface area contributed by atoms with Crippen LogP contribution in [0.4, 0.5) is 11.4 Å². The van der Waals surface area contributed by atoms with Gasteiger partial charge in [0.1, 0.15) is 0 Å². The lowest BCUT2D eigenvalue weighted by molar-refractivity contribution is 0.102. The van der Waals surface area contributed by atoms with E-state index in [0.717, 1.165) is 28.9 Å². The number of anilines is 2. The summed E-state index contributed by atoms with van der Waals surface area (Å²) in [6.07, 6.45) is 4.11. The van der Waals surface area contributed by atoms with Gasteiger partial charge in [-0.3, -0.25) is 9.78 Å². The van der Waals surface area contributed by atoms with Crippen LogP contribution in [0.2, 0.25) is 0 Å². The van der Waals surface area contributed by atoms with Crippen molar-refractivity contribution in [2.45, 2.75) is 20.3 Å². The molecule has 0 unspecified atom stereocenters. The average molecular weight is 269 g/mol. The number of carbonyl (C=O) groups excluding carboxylic acids is 1. The summed E-state index contributed by atoms with van der Waals surface area (Å²) < 4.78 is 0. The Morgan fingerprint density at radius 2 is 2.10 bits per heavy atom.